The molecule has 0 saturated carbocycles. The molecule has 0 saturated heterocycles. The van der Waals surface area contributed by atoms with E-state index in [1.165, 1.54) is 26.2 Å². The van der Waals surface area contributed by atoms with Crippen LogP contribution in [0.5, 0.6) is 5.75 Å². The van der Waals surface area contributed by atoms with Crippen molar-refractivity contribution in [3.63, 3.8) is 0 Å². The highest BCUT2D eigenvalue weighted by Gasteiger charge is 2.13. The predicted molar refractivity (Wildman–Crippen MR) is 53.8 cm³/mol. The van der Waals surface area contributed by atoms with E-state index in [2.05, 4.69) is 5.18 Å². The first-order chi connectivity index (χ1) is 7.13. The van der Waals surface area contributed by atoms with Crippen molar-refractivity contribution in [3.8, 4) is 5.75 Å². The number of ketones is 1. The fraction of sp³-hybridized carbons (Fsp3) is 0.200. The van der Waals surface area contributed by atoms with Gasteiger partial charge in [0, 0.05) is 0 Å². The molecule has 0 fully saturated rings. The summed E-state index contributed by atoms with van der Waals surface area (Å²) in [5.41, 5.74) is 0.287. The molecular weight excluding hydrogens is 198 g/mol. The molecule has 0 aliphatic carbocycles. The molecule has 0 aliphatic heterocycles. The van der Waals surface area contributed by atoms with Gasteiger partial charge in [-0.15, -0.1) is 4.91 Å². The molecule has 0 bridgehead atoms. The molecule has 0 radical (unpaired) electrons. The zero-order valence-corrected chi connectivity index (χ0v) is 8.31. The Hall–Kier alpha value is -2.04. The lowest BCUT2D eigenvalue weighted by Crippen LogP contribution is -1.97. The highest BCUT2D eigenvalue weighted by atomic mass is 16.5. The second-order valence-corrected chi connectivity index (χ2v) is 2.88. The third-order valence-electron chi connectivity index (χ3n) is 1.95. The van der Waals surface area contributed by atoms with Crippen molar-refractivity contribution < 1.29 is 14.3 Å². The first-order valence-corrected chi connectivity index (χ1v) is 4.15. The van der Waals surface area contributed by atoms with Crippen molar-refractivity contribution in [1.82, 2.24) is 0 Å². The second-order valence-electron chi connectivity index (χ2n) is 2.88. The average molecular weight is 207 g/mol. The molecule has 0 aromatic heterocycles. The molecule has 0 aliphatic rings. The maximum atomic E-state index is 11.2. The molecular formula is C10H9NO4. The van der Waals surface area contributed by atoms with Crippen molar-refractivity contribution in [1.29, 1.82) is 0 Å². The van der Waals surface area contributed by atoms with E-state index >= 15 is 0 Å². The largest absolute Gasteiger partial charge is 0.496 e. The van der Waals surface area contributed by atoms with Crippen LogP contribution in [0.1, 0.15) is 27.6 Å². The minimum Gasteiger partial charge on any atom is -0.496 e. The van der Waals surface area contributed by atoms with Gasteiger partial charge < -0.3 is 4.74 Å². The van der Waals surface area contributed by atoms with Gasteiger partial charge in [0.2, 0.25) is 0 Å². The van der Waals surface area contributed by atoms with Crippen LogP contribution in [0, 0.1) is 4.91 Å². The van der Waals surface area contributed by atoms with Crippen LogP contribution < -0.4 is 4.74 Å². The quantitative estimate of drug-likeness (QED) is 0.430. The Morgan fingerprint density at radius 1 is 1.47 bits per heavy atom. The van der Waals surface area contributed by atoms with E-state index in [0.29, 0.717) is 6.29 Å². The number of methoxy groups -OCH3 is 1. The standard InChI is InChI=1S/C10H9NO4/c1-6(13)8-4-10(15-2)7(5-12)3-9(8)11-14/h3-5H,1-2H3. The van der Waals surface area contributed by atoms with E-state index in [1.54, 1.807) is 0 Å². The monoisotopic (exact) mass is 207 g/mol. The van der Waals surface area contributed by atoms with Crippen LogP contribution in [-0.4, -0.2) is 19.2 Å². The molecule has 1 aromatic carbocycles. The van der Waals surface area contributed by atoms with Crippen LogP contribution in [0.3, 0.4) is 0 Å². The number of benzene rings is 1. The molecule has 0 unspecified atom stereocenters. The molecule has 1 rings (SSSR count). The number of carbonyl (C=O) groups is 2. The molecule has 5 nitrogen and oxygen atoms in total. The minimum absolute atomic E-state index is 0.0506. The van der Waals surface area contributed by atoms with E-state index in [1.807, 2.05) is 0 Å². The van der Waals surface area contributed by atoms with Crippen molar-refractivity contribution in [3.05, 3.63) is 28.2 Å². The molecule has 1 aromatic rings. The number of nitrogens with zero attached hydrogens (tertiary/aromatic N) is 1. The van der Waals surface area contributed by atoms with Crippen LogP contribution in [0.15, 0.2) is 17.3 Å². The van der Waals surface area contributed by atoms with Gasteiger partial charge in [-0.25, -0.2) is 0 Å². The summed E-state index contributed by atoms with van der Waals surface area (Å²) in [6, 6.07) is 2.57. The summed E-state index contributed by atoms with van der Waals surface area (Å²) in [5.74, 6) is -0.0528. The lowest BCUT2D eigenvalue weighted by Gasteiger charge is -2.06. The van der Waals surface area contributed by atoms with Gasteiger partial charge in [0.05, 0.1) is 18.2 Å². The van der Waals surface area contributed by atoms with Gasteiger partial charge in [0.25, 0.3) is 0 Å². The summed E-state index contributed by atoms with van der Waals surface area (Å²) in [7, 11) is 1.38. The number of nitroso groups, excluding NO2 is 1. The number of hydrogen-bond donors (Lipinski definition) is 0. The first kappa shape index (κ1) is 11.0. The Bertz CT molecular complexity index is 426. The van der Waals surface area contributed by atoms with Gasteiger partial charge in [-0.2, -0.15) is 0 Å². The Labute approximate surface area is 86.0 Å². The zero-order chi connectivity index (χ0) is 11.4. The summed E-state index contributed by atoms with van der Waals surface area (Å²) in [6.07, 6.45) is 0.539. The van der Waals surface area contributed by atoms with E-state index in [4.69, 9.17) is 4.74 Å². The van der Waals surface area contributed by atoms with Gasteiger partial charge in [0.15, 0.2) is 12.1 Å². The van der Waals surface area contributed by atoms with E-state index in [0.717, 1.165) is 0 Å². The van der Waals surface area contributed by atoms with E-state index < -0.39 is 0 Å². The first-order valence-electron chi connectivity index (χ1n) is 4.15. The molecule has 0 heterocycles. The van der Waals surface area contributed by atoms with Gasteiger partial charge in [-0.1, -0.05) is 0 Å². The van der Waals surface area contributed by atoms with E-state index in [-0.39, 0.29) is 28.3 Å². The fourth-order valence-electron chi connectivity index (χ4n) is 1.21. The molecule has 0 amide bonds. The molecule has 78 valence electrons. The number of ether oxygens (including phenoxy) is 1. The second kappa shape index (κ2) is 4.45. The minimum atomic E-state index is -0.305. The van der Waals surface area contributed by atoms with Crippen molar-refractivity contribution in [2.45, 2.75) is 6.92 Å². The third kappa shape index (κ3) is 2.07. The molecule has 0 N–H and O–H groups in total. The highest BCUT2D eigenvalue weighted by Crippen LogP contribution is 2.28. The van der Waals surface area contributed by atoms with Crippen molar-refractivity contribution >= 4 is 17.8 Å². The number of carbonyl (C=O) groups excluding carboxylic acids is 2. The predicted octanol–water partition coefficient (Wildman–Crippen LogP) is 2.11. The smallest absolute Gasteiger partial charge is 0.162 e. The number of rotatable bonds is 4. The van der Waals surface area contributed by atoms with E-state index in [9.17, 15) is 14.5 Å². The van der Waals surface area contributed by atoms with Crippen molar-refractivity contribution in [2.24, 2.45) is 5.18 Å². The van der Waals surface area contributed by atoms with Crippen molar-refractivity contribution in [2.75, 3.05) is 7.11 Å². The summed E-state index contributed by atoms with van der Waals surface area (Å²) in [5, 5.41) is 2.69. The van der Waals surface area contributed by atoms with Gasteiger partial charge in [0.1, 0.15) is 11.4 Å². The Morgan fingerprint density at radius 3 is 2.53 bits per heavy atom. The number of aldehydes is 1. The lowest BCUT2D eigenvalue weighted by atomic mass is 10.1. The lowest BCUT2D eigenvalue weighted by molar-refractivity contribution is 0.101. The fourth-order valence-corrected chi connectivity index (χ4v) is 1.21. The maximum absolute atomic E-state index is 11.2. The normalized spacial score (nSPS) is 9.47. The summed E-state index contributed by atoms with van der Waals surface area (Å²) in [4.78, 5) is 32.2. The number of hydrogen-bond acceptors (Lipinski definition) is 5. The van der Waals surface area contributed by atoms with Crippen LogP contribution in [-0.2, 0) is 0 Å². The zero-order valence-electron chi connectivity index (χ0n) is 8.31. The number of Topliss-reactive ketones (excluding diaryl/α,β-unsaturated/α-hetero) is 1. The molecule has 0 spiro atoms. The molecule has 5 heteroatoms. The Kier molecular flexibility index (Phi) is 3.28. The molecule has 0 atom stereocenters. The van der Waals surface area contributed by atoms with Crippen LogP contribution >= 0.6 is 0 Å². The summed E-state index contributed by atoms with van der Waals surface area (Å²) >= 11 is 0. The van der Waals surface area contributed by atoms with Gasteiger partial charge in [-0.3, -0.25) is 9.59 Å². The maximum Gasteiger partial charge on any atom is 0.162 e. The van der Waals surface area contributed by atoms with Crippen LogP contribution in [0.25, 0.3) is 0 Å². The molecule has 15 heavy (non-hydrogen) atoms. The Morgan fingerprint density at radius 2 is 2.13 bits per heavy atom. The summed E-state index contributed by atoms with van der Waals surface area (Å²) < 4.78 is 4.90. The Balaban J connectivity index is 3.47. The van der Waals surface area contributed by atoms with Gasteiger partial charge in [-0.05, 0) is 24.2 Å². The SMILES string of the molecule is COc1cc(C(C)=O)c(N=O)cc1C=O. The van der Waals surface area contributed by atoms with Crippen LogP contribution in [0.4, 0.5) is 5.69 Å². The average Bonchev–Trinajstić information content (AvgIpc) is 2.26. The van der Waals surface area contributed by atoms with Crippen LogP contribution in [0.2, 0.25) is 0 Å². The third-order valence-corrected chi connectivity index (χ3v) is 1.95. The van der Waals surface area contributed by atoms with Gasteiger partial charge >= 0.3 is 0 Å². The topological polar surface area (TPSA) is 72.8 Å². The summed E-state index contributed by atoms with van der Waals surface area (Å²) in [6.45, 7) is 1.31. The highest BCUT2D eigenvalue weighted by molar-refractivity contribution is 6.00.